The zero-order chi connectivity index (χ0) is 12.7. The summed E-state index contributed by atoms with van der Waals surface area (Å²) in [5, 5.41) is 21.9. The zero-order valence-corrected chi connectivity index (χ0v) is 11.1. The van der Waals surface area contributed by atoms with Gasteiger partial charge in [0, 0.05) is 30.6 Å². The monoisotopic (exact) mass is 256 g/mol. The number of rotatable bonds is 7. The Kier molecular flexibility index (Phi) is 6.32. The van der Waals surface area contributed by atoms with Crippen LogP contribution in [-0.2, 0) is 6.54 Å². The van der Waals surface area contributed by atoms with Gasteiger partial charge >= 0.3 is 0 Å². The average molecular weight is 256 g/mol. The highest BCUT2D eigenvalue weighted by atomic mass is 32.2. The summed E-state index contributed by atoms with van der Waals surface area (Å²) in [7, 11) is 0. The Morgan fingerprint density at radius 3 is 2.88 bits per heavy atom. The minimum atomic E-state index is 0.172. The third-order valence-electron chi connectivity index (χ3n) is 2.49. The van der Waals surface area contributed by atoms with Crippen LogP contribution in [0.4, 0.5) is 0 Å². The number of hydrogen-bond acceptors (Lipinski definition) is 5. The molecule has 0 saturated carbocycles. The highest BCUT2D eigenvalue weighted by molar-refractivity contribution is 7.98. The molecule has 0 saturated heterocycles. The summed E-state index contributed by atoms with van der Waals surface area (Å²) in [4.78, 5) is 4.28. The first-order valence-electron chi connectivity index (χ1n) is 5.66. The van der Waals surface area contributed by atoms with E-state index in [1.807, 2.05) is 13.2 Å². The fourth-order valence-electron chi connectivity index (χ4n) is 1.58. The van der Waals surface area contributed by atoms with Crippen molar-refractivity contribution in [3.8, 4) is 5.75 Å². The highest BCUT2D eigenvalue weighted by Gasteiger charge is 2.09. The third-order valence-corrected chi connectivity index (χ3v) is 3.23. The lowest BCUT2D eigenvalue weighted by atomic mass is 10.2. The van der Waals surface area contributed by atoms with Crippen LogP contribution in [0.5, 0.6) is 5.75 Å². The van der Waals surface area contributed by atoms with E-state index in [9.17, 15) is 5.11 Å². The normalized spacial score (nSPS) is 12.6. The van der Waals surface area contributed by atoms with Crippen molar-refractivity contribution in [2.24, 2.45) is 0 Å². The van der Waals surface area contributed by atoms with E-state index in [1.54, 1.807) is 23.9 Å². The van der Waals surface area contributed by atoms with Crippen LogP contribution in [0.1, 0.15) is 17.8 Å². The van der Waals surface area contributed by atoms with E-state index in [4.69, 9.17) is 5.11 Å². The third kappa shape index (κ3) is 4.93. The first-order valence-corrected chi connectivity index (χ1v) is 7.05. The summed E-state index contributed by atoms with van der Waals surface area (Å²) in [6, 6.07) is 3.69. The van der Waals surface area contributed by atoms with Crippen LogP contribution in [0.15, 0.2) is 12.1 Å². The van der Waals surface area contributed by atoms with Crippen molar-refractivity contribution in [2.75, 3.05) is 18.6 Å². The molecule has 1 heterocycles. The van der Waals surface area contributed by atoms with E-state index in [0.717, 1.165) is 11.4 Å². The summed E-state index contributed by atoms with van der Waals surface area (Å²) in [5.41, 5.74) is 1.55. The largest absolute Gasteiger partial charge is 0.506 e. The molecule has 5 heteroatoms. The summed E-state index contributed by atoms with van der Waals surface area (Å²) < 4.78 is 0. The second-order valence-corrected chi connectivity index (χ2v) is 4.87. The molecule has 96 valence electrons. The number of thioether (sulfide) groups is 1. The minimum Gasteiger partial charge on any atom is -0.506 e. The fourth-order valence-corrected chi connectivity index (χ4v) is 2.26. The van der Waals surface area contributed by atoms with E-state index in [2.05, 4.69) is 10.3 Å². The summed E-state index contributed by atoms with van der Waals surface area (Å²) in [6.07, 6.45) is 2.75. The Labute approximate surface area is 106 Å². The molecule has 1 atom stereocenters. The van der Waals surface area contributed by atoms with Crippen molar-refractivity contribution in [3.05, 3.63) is 23.5 Å². The van der Waals surface area contributed by atoms with E-state index >= 15 is 0 Å². The summed E-state index contributed by atoms with van der Waals surface area (Å²) in [5.74, 6) is 1.16. The molecule has 1 aromatic heterocycles. The van der Waals surface area contributed by atoms with Gasteiger partial charge in [-0.25, -0.2) is 0 Å². The first-order chi connectivity index (χ1) is 8.17. The number of aromatic nitrogens is 1. The van der Waals surface area contributed by atoms with Gasteiger partial charge in [0.1, 0.15) is 5.75 Å². The number of hydrogen-bond donors (Lipinski definition) is 3. The molecule has 0 fully saturated rings. The molecule has 0 radical (unpaired) electrons. The van der Waals surface area contributed by atoms with Crippen molar-refractivity contribution in [2.45, 2.75) is 25.9 Å². The Hall–Kier alpha value is -0.780. The van der Waals surface area contributed by atoms with E-state index in [-0.39, 0.29) is 18.4 Å². The van der Waals surface area contributed by atoms with Gasteiger partial charge in [0.05, 0.1) is 5.69 Å². The van der Waals surface area contributed by atoms with Crippen molar-refractivity contribution in [1.29, 1.82) is 0 Å². The van der Waals surface area contributed by atoms with Crippen molar-refractivity contribution < 1.29 is 10.2 Å². The van der Waals surface area contributed by atoms with E-state index in [1.165, 1.54) is 0 Å². The predicted octanol–water partition coefficient (Wildman–Crippen LogP) is 1.30. The number of aliphatic hydroxyl groups is 1. The van der Waals surface area contributed by atoms with Crippen LogP contribution in [0.2, 0.25) is 0 Å². The SMILES string of the molecule is CSCC(CCO)NCc1nc(C)ccc1O. The molecule has 1 unspecified atom stereocenters. The van der Waals surface area contributed by atoms with Crippen LogP contribution >= 0.6 is 11.8 Å². The lowest BCUT2D eigenvalue weighted by molar-refractivity contribution is 0.269. The van der Waals surface area contributed by atoms with Gasteiger partial charge in [0.2, 0.25) is 0 Å². The number of aromatic hydroxyl groups is 1. The van der Waals surface area contributed by atoms with Gasteiger partial charge in [0.25, 0.3) is 0 Å². The number of pyridine rings is 1. The molecule has 0 aliphatic carbocycles. The minimum absolute atomic E-state index is 0.172. The van der Waals surface area contributed by atoms with Crippen LogP contribution < -0.4 is 5.32 Å². The maximum absolute atomic E-state index is 9.65. The van der Waals surface area contributed by atoms with Gasteiger partial charge < -0.3 is 15.5 Å². The second-order valence-electron chi connectivity index (χ2n) is 3.96. The van der Waals surface area contributed by atoms with Gasteiger partial charge in [-0.1, -0.05) is 0 Å². The Balaban J connectivity index is 2.55. The van der Waals surface area contributed by atoms with Crippen LogP contribution in [0.25, 0.3) is 0 Å². The Morgan fingerprint density at radius 2 is 2.24 bits per heavy atom. The van der Waals surface area contributed by atoms with Gasteiger partial charge in [-0.3, -0.25) is 4.98 Å². The molecule has 1 aromatic rings. The topological polar surface area (TPSA) is 65.4 Å². The molecule has 4 nitrogen and oxygen atoms in total. The zero-order valence-electron chi connectivity index (χ0n) is 10.3. The number of nitrogens with zero attached hydrogens (tertiary/aromatic N) is 1. The molecule has 0 amide bonds. The Morgan fingerprint density at radius 1 is 1.47 bits per heavy atom. The average Bonchev–Trinajstić information content (AvgIpc) is 2.30. The van der Waals surface area contributed by atoms with Crippen molar-refractivity contribution in [3.63, 3.8) is 0 Å². The molecular formula is C12H20N2O2S. The van der Waals surface area contributed by atoms with Crippen molar-refractivity contribution >= 4 is 11.8 Å². The lowest BCUT2D eigenvalue weighted by Gasteiger charge is -2.16. The van der Waals surface area contributed by atoms with Gasteiger partial charge in [0.15, 0.2) is 0 Å². The van der Waals surface area contributed by atoms with E-state index in [0.29, 0.717) is 18.7 Å². The lowest BCUT2D eigenvalue weighted by Crippen LogP contribution is -2.32. The maximum atomic E-state index is 9.65. The predicted molar refractivity (Wildman–Crippen MR) is 71.4 cm³/mol. The first kappa shape index (κ1) is 14.3. The molecular weight excluding hydrogens is 236 g/mol. The van der Waals surface area contributed by atoms with Crippen LogP contribution in [0, 0.1) is 6.92 Å². The number of aryl methyl sites for hydroxylation is 1. The number of aliphatic hydroxyl groups excluding tert-OH is 1. The van der Waals surface area contributed by atoms with Gasteiger partial charge in [-0.05, 0) is 31.7 Å². The maximum Gasteiger partial charge on any atom is 0.138 e. The molecule has 0 aliphatic heterocycles. The molecule has 0 bridgehead atoms. The van der Waals surface area contributed by atoms with E-state index < -0.39 is 0 Å². The van der Waals surface area contributed by atoms with Crippen molar-refractivity contribution in [1.82, 2.24) is 10.3 Å². The number of nitrogens with one attached hydrogen (secondary N) is 1. The highest BCUT2D eigenvalue weighted by Crippen LogP contribution is 2.14. The molecule has 0 aliphatic rings. The fraction of sp³-hybridized carbons (Fsp3) is 0.583. The summed E-state index contributed by atoms with van der Waals surface area (Å²) in [6.45, 7) is 2.60. The smallest absolute Gasteiger partial charge is 0.138 e. The van der Waals surface area contributed by atoms with Crippen LogP contribution in [-0.4, -0.2) is 39.9 Å². The van der Waals surface area contributed by atoms with Gasteiger partial charge in [-0.15, -0.1) is 0 Å². The molecule has 1 rings (SSSR count). The van der Waals surface area contributed by atoms with Crippen LogP contribution in [0.3, 0.4) is 0 Å². The molecule has 3 N–H and O–H groups in total. The summed E-state index contributed by atoms with van der Waals surface area (Å²) >= 11 is 1.74. The quantitative estimate of drug-likeness (QED) is 0.686. The molecule has 0 spiro atoms. The molecule has 17 heavy (non-hydrogen) atoms. The Bertz CT molecular complexity index is 341. The van der Waals surface area contributed by atoms with Gasteiger partial charge in [-0.2, -0.15) is 11.8 Å². The second kappa shape index (κ2) is 7.53. The standard InChI is InChI=1S/C12H20N2O2S/c1-9-3-4-12(16)11(14-9)7-13-10(5-6-15)8-17-2/h3-4,10,13,15-16H,5-8H2,1-2H3. The molecule has 0 aromatic carbocycles.